The number of hydrogen-bond acceptors (Lipinski definition) is 3. The fourth-order valence-electron chi connectivity index (χ4n) is 3.40. The number of alkyl halides is 6. The number of phenolic OH excluding ortho intramolecular Hbond substituents is 1. The molecule has 0 aliphatic rings. The molecule has 0 atom stereocenters. The number of H-pyrrole nitrogens is 1. The Hall–Kier alpha value is -3.37. The Morgan fingerprint density at radius 1 is 0.833 bits per heavy atom. The third-order valence-electron chi connectivity index (χ3n) is 5.17. The molecule has 12 heteroatoms. The van der Waals surface area contributed by atoms with Crippen LogP contribution in [-0.4, -0.2) is 15.3 Å². The van der Waals surface area contributed by atoms with Crippen LogP contribution < -0.4 is 4.74 Å². The minimum atomic E-state index is -4.71. The number of ether oxygens (including phenoxy) is 1. The highest BCUT2D eigenvalue weighted by atomic mass is 35.5. The molecule has 4 rings (SSSR count). The average Bonchev–Trinajstić information content (AvgIpc) is 3.29. The molecule has 0 saturated carbocycles. The molecule has 0 bridgehead atoms. The SMILES string of the molecule is Oc1c(-c2cc(C(F)(F)F)[nH]n2)ccc(OCc2ccc(Cl)cc2)c1-c1ccc(C(F)(F)F)cc1Cl. The molecule has 1 heterocycles. The highest BCUT2D eigenvalue weighted by Gasteiger charge is 2.34. The van der Waals surface area contributed by atoms with Crippen molar-refractivity contribution < 1.29 is 36.2 Å². The number of nitrogens with one attached hydrogen (secondary N) is 1. The summed E-state index contributed by atoms with van der Waals surface area (Å²) in [5, 5.41) is 16.7. The van der Waals surface area contributed by atoms with Crippen molar-refractivity contribution in [2.75, 3.05) is 0 Å². The molecule has 0 fully saturated rings. The molecule has 188 valence electrons. The van der Waals surface area contributed by atoms with Crippen molar-refractivity contribution in [1.29, 1.82) is 0 Å². The van der Waals surface area contributed by atoms with Gasteiger partial charge in [0.25, 0.3) is 0 Å². The molecule has 1 aromatic heterocycles. The van der Waals surface area contributed by atoms with Crippen molar-refractivity contribution in [3.63, 3.8) is 0 Å². The van der Waals surface area contributed by atoms with Gasteiger partial charge in [0.1, 0.15) is 23.8 Å². The van der Waals surface area contributed by atoms with Crippen molar-refractivity contribution in [3.8, 4) is 33.9 Å². The smallest absolute Gasteiger partial charge is 0.432 e. The third-order valence-corrected chi connectivity index (χ3v) is 5.74. The monoisotopic (exact) mass is 546 g/mol. The van der Waals surface area contributed by atoms with E-state index < -0.39 is 29.4 Å². The Labute approximate surface area is 210 Å². The lowest BCUT2D eigenvalue weighted by molar-refractivity contribution is -0.141. The van der Waals surface area contributed by atoms with Gasteiger partial charge in [-0.3, -0.25) is 5.10 Å². The molecule has 4 nitrogen and oxygen atoms in total. The van der Waals surface area contributed by atoms with E-state index in [4.69, 9.17) is 27.9 Å². The minimum absolute atomic E-state index is 0.0121. The quantitative estimate of drug-likeness (QED) is 0.247. The second kappa shape index (κ2) is 9.59. The summed E-state index contributed by atoms with van der Waals surface area (Å²) in [6, 6.07) is 12.5. The Kier molecular flexibility index (Phi) is 6.85. The van der Waals surface area contributed by atoms with Gasteiger partial charge in [-0.1, -0.05) is 41.4 Å². The van der Waals surface area contributed by atoms with Crippen LogP contribution in [0.1, 0.15) is 16.8 Å². The molecule has 0 unspecified atom stereocenters. The van der Waals surface area contributed by atoms with E-state index in [0.29, 0.717) is 22.7 Å². The molecule has 36 heavy (non-hydrogen) atoms. The Morgan fingerprint density at radius 2 is 1.50 bits per heavy atom. The molecule has 0 radical (unpaired) electrons. The zero-order chi connectivity index (χ0) is 26.3. The van der Waals surface area contributed by atoms with Crippen LogP contribution in [0.5, 0.6) is 11.5 Å². The number of phenols is 1. The second-order valence-corrected chi connectivity index (χ2v) is 8.45. The average molecular weight is 547 g/mol. The van der Waals surface area contributed by atoms with Crippen molar-refractivity contribution in [2.24, 2.45) is 0 Å². The predicted molar refractivity (Wildman–Crippen MR) is 122 cm³/mol. The van der Waals surface area contributed by atoms with Crippen LogP contribution in [0.15, 0.2) is 60.7 Å². The van der Waals surface area contributed by atoms with Crippen LogP contribution in [0.3, 0.4) is 0 Å². The number of aromatic hydroxyl groups is 1. The van der Waals surface area contributed by atoms with E-state index in [-0.39, 0.29) is 39.8 Å². The molecule has 0 saturated heterocycles. The zero-order valence-corrected chi connectivity index (χ0v) is 19.3. The van der Waals surface area contributed by atoms with Gasteiger partial charge in [0.15, 0.2) is 0 Å². The number of aromatic nitrogens is 2. The highest BCUT2D eigenvalue weighted by molar-refractivity contribution is 6.33. The molecule has 0 aliphatic heterocycles. The van der Waals surface area contributed by atoms with E-state index in [0.717, 1.165) is 12.1 Å². The van der Waals surface area contributed by atoms with Crippen molar-refractivity contribution >= 4 is 23.2 Å². The number of hydrogen-bond donors (Lipinski definition) is 2. The number of aromatic amines is 1. The molecule has 4 aromatic rings. The van der Waals surface area contributed by atoms with Gasteiger partial charge in [-0.2, -0.15) is 31.4 Å². The predicted octanol–water partition coefficient (Wildman–Crippen LogP) is 8.37. The van der Waals surface area contributed by atoms with E-state index in [2.05, 4.69) is 5.10 Å². The van der Waals surface area contributed by atoms with Gasteiger partial charge in [0, 0.05) is 21.2 Å². The molecule has 3 aromatic carbocycles. The largest absolute Gasteiger partial charge is 0.506 e. The van der Waals surface area contributed by atoms with Crippen molar-refractivity contribution in [2.45, 2.75) is 19.0 Å². The van der Waals surface area contributed by atoms with Gasteiger partial charge < -0.3 is 9.84 Å². The maximum absolute atomic E-state index is 13.1. The summed E-state index contributed by atoms with van der Waals surface area (Å²) in [5.74, 6) is -0.551. The van der Waals surface area contributed by atoms with E-state index in [1.54, 1.807) is 24.3 Å². The van der Waals surface area contributed by atoms with E-state index in [9.17, 15) is 31.4 Å². The van der Waals surface area contributed by atoms with Gasteiger partial charge in [0.05, 0.1) is 16.8 Å². The van der Waals surface area contributed by atoms with Gasteiger partial charge in [-0.25, -0.2) is 0 Å². The molecule has 0 amide bonds. The summed E-state index contributed by atoms with van der Waals surface area (Å²) in [6.07, 6.45) is -9.37. The second-order valence-electron chi connectivity index (χ2n) is 7.61. The molecular formula is C24H14Cl2F6N2O2. The van der Waals surface area contributed by atoms with Gasteiger partial charge in [-0.05, 0) is 48.0 Å². The normalized spacial score (nSPS) is 12.1. The highest BCUT2D eigenvalue weighted by Crippen LogP contribution is 2.47. The molecule has 0 aliphatic carbocycles. The first-order chi connectivity index (χ1) is 16.8. The molecular weight excluding hydrogens is 533 g/mol. The van der Waals surface area contributed by atoms with Gasteiger partial charge in [0.2, 0.25) is 0 Å². The number of nitrogens with zero attached hydrogens (tertiary/aromatic N) is 1. The standard InChI is InChI=1S/C24H14Cl2F6N2O2/c25-14-4-1-12(2-5-14)11-36-19-8-7-16(18-10-20(34-33-18)24(30,31)32)22(35)21(19)15-6-3-13(9-17(15)26)23(27,28)29/h1-10,35H,11H2,(H,33,34). The summed E-state index contributed by atoms with van der Waals surface area (Å²) < 4.78 is 84.3. The first-order valence-corrected chi connectivity index (χ1v) is 10.8. The third kappa shape index (κ3) is 5.39. The Morgan fingerprint density at radius 3 is 2.08 bits per heavy atom. The van der Waals surface area contributed by atoms with Crippen molar-refractivity contribution in [3.05, 3.63) is 87.5 Å². The molecule has 0 spiro atoms. The number of rotatable bonds is 5. The van der Waals surface area contributed by atoms with Crippen molar-refractivity contribution in [1.82, 2.24) is 10.2 Å². The summed E-state index contributed by atoms with van der Waals surface area (Å²) in [7, 11) is 0. The Balaban J connectivity index is 1.82. The van der Waals surface area contributed by atoms with Crippen LogP contribution in [0.25, 0.3) is 22.4 Å². The topological polar surface area (TPSA) is 58.1 Å². The fourth-order valence-corrected chi connectivity index (χ4v) is 3.80. The van der Waals surface area contributed by atoms with Crippen LogP contribution in [0.2, 0.25) is 10.0 Å². The maximum Gasteiger partial charge on any atom is 0.432 e. The van der Waals surface area contributed by atoms with Crippen LogP contribution >= 0.6 is 23.2 Å². The zero-order valence-electron chi connectivity index (χ0n) is 17.8. The summed E-state index contributed by atoms with van der Waals surface area (Å²) in [5.41, 5.74) is -1.97. The van der Waals surface area contributed by atoms with E-state index in [1.165, 1.54) is 12.1 Å². The van der Waals surface area contributed by atoms with Gasteiger partial charge >= 0.3 is 12.4 Å². The lowest BCUT2D eigenvalue weighted by Crippen LogP contribution is -2.05. The summed E-state index contributed by atoms with van der Waals surface area (Å²) in [4.78, 5) is 0. The van der Waals surface area contributed by atoms with Crippen LogP contribution in [-0.2, 0) is 19.0 Å². The number of halogens is 8. The Bertz CT molecular complexity index is 1400. The minimum Gasteiger partial charge on any atom is -0.506 e. The van der Waals surface area contributed by atoms with E-state index in [1.807, 2.05) is 5.10 Å². The first kappa shape index (κ1) is 25.7. The van der Waals surface area contributed by atoms with Gasteiger partial charge in [-0.15, -0.1) is 0 Å². The number of benzene rings is 3. The van der Waals surface area contributed by atoms with Crippen LogP contribution in [0.4, 0.5) is 26.3 Å². The lowest BCUT2D eigenvalue weighted by atomic mass is 9.97. The maximum atomic E-state index is 13.1. The molecule has 2 N–H and O–H groups in total. The summed E-state index contributed by atoms with van der Waals surface area (Å²) in [6.45, 7) is -0.0121. The fraction of sp³-hybridized carbons (Fsp3) is 0.125. The van der Waals surface area contributed by atoms with Crippen LogP contribution in [0, 0.1) is 0 Å². The van der Waals surface area contributed by atoms with E-state index >= 15 is 0 Å². The lowest BCUT2D eigenvalue weighted by Gasteiger charge is -2.17. The first-order valence-electron chi connectivity index (χ1n) is 10.1. The summed E-state index contributed by atoms with van der Waals surface area (Å²) >= 11 is 12.0.